The average Bonchev–Trinajstić information content (AvgIpc) is 2.26. The minimum atomic E-state index is -0.616. The first kappa shape index (κ1) is 11.5. The Balaban J connectivity index is 3.07. The van der Waals surface area contributed by atoms with Crippen molar-refractivity contribution in [3.63, 3.8) is 0 Å². The van der Waals surface area contributed by atoms with Crippen LogP contribution < -0.4 is 4.90 Å². The van der Waals surface area contributed by atoms with Crippen LogP contribution in [0.3, 0.4) is 0 Å². The molecule has 0 aliphatic carbocycles. The summed E-state index contributed by atoms with van der Waals surface area (Å²) in [6.07, 6.45) is 0. The van der Waals surface area contributed by atoms with Crippen LogP contribution in [0, 0.1) is 17.1 Å². The van der Waals surface area contributed by atoms with Gasteiger partial charge >= 0.3 is 0 Å². The van der Waals surface area contributed by atoms with Crippen molar-refractivity contribution in [1.82, 2.24) is 0 Å². The van der Waals surface area contributed by atoms with E-state index in [1.807, 2.05) is 6.07 Å². The zero-order valence-corrected chi connectivity index (χ0v) is 8.75. The molecule has 0 atom stereocenters. The maximum atomic E-state index is 13.4. The lowest BCUT2D eigenvalue weighted by Crippen LogP contribution is -2.28. The van der Waals surface area contributed by atoms with Crippen LogP contribution in [0.2, 0.25) is 0 Å². The van der Waals surface area contributed by atoms with E-state index < -0.39 is 11.7 Å². The van der Waals surface area contributed by atoms with Gasteiger partial charge in [-0.15, -0.1) is 11.6 Å². The van der Waals surface area contributed by atoms with Crippen molar-refractivity contribution in [3.05, 3.63) is 29.6 Å². The Kier molecular flexibility index (Phi) is 3.64. The third-order valence-corrected chi connectivity index (χ3v) is 2.16. The summed E-state index contributed by atoms with van der Waals surface area (Å²) in [6, 6.07) is 5.70. The molecule has 1 aromatic rings. The van der Waals surface area contributed by atoms with Crippen LogP contribution in [0.25, 0.3) is 0 Å². The predicted molar refractivity (Wildman–Crippen MR) is 55.2 cm³/mol. The Morgan fingerprint density at radius 3 is 2.80 bits per heavy atom. The molecule has 3 nitrogen and oxygen atoms in total. The van der Waals surface area contributed by atoms with Crippen molar-refractivity contribution < 1.29 is 9.18 Å². The second-order valence-electron chi connectivity index (χ2n) is 2.86. The lowest BCUT2D eigenvalue weighted by Gasteiger charge is -2.16. The number of carbonyl (C=O) groups excluding carboxylic acids is 1. The number of hydrogen-bond acceptors (Lipinski definition) is 2. The van der Waals surface area contributed by atoms with Crippen molar-refractivity contribution in [2.45, 2.75) is 0 Å². The van der Waals surface area contributed by atoms with E-state index in [1.165, 1.54) is 19.2 Å². The second kappa shape index (κ2) is 4.76. The number of carbonyl (C=O) groups is 1. The summed E-state index contributed by atoms with van der Waals surface area (Å²) in [6.45, 7) is 0. The van der Waals surface area contributed by atoms with Gasteiger partial charge in [0.25, 0.3) is 0 Å². The number of amides is 1. The van der Waals surface area contributed by atoms with Gasteiger partial charge in [0.15, 0.2) is 0 Å². The van der Waals surface area contributed by atoms with Crippen LogP contribution in [-0.4, -0.2) is 18.8 Å². The first-order valence-electron chi connectivity index (χ1n) is 4.12. The highest BCUT2D eigenvalue weighted by atomic mass is 35.5. The third kappa shape index (κ3) is 2.45. The third-order valence-electron chi connectivity index (χ3n) is 1.93. The first-order chi connectivity index (χ1) is 7.10. The Morgan fingerprint density at radius 2 is 2.33 bits per heavy atom. The molecule has 1 rings (SSSR count). The fourth-order valence-electron chi connectivity index (χ4n) is 1.07. The average molecular weight is 227 g/mol. The van der Waals surface area contributed by atoms with E-state index in [9.17, 15) is 9.18 Å². The van der Waals surface area contributed by atoms with Gasteiger partial charge in [-0.3, -0.25) is 4.79 Å². The molecule has 0 aromatic heterocycles. The SMILES string of the molecule is CN(C(=O)CCl)c1ccc(C#N)cc1F. The summed E-state index contributed by atoms with van der Waals surface area (Å²) >= 11 is 5.34. The molecule has 78 valence electrons. The molecule has 0 aliphatic heterocycles. The predicted octanol–water partition coefficient (Wildman–Crippen LogP) is 1.90. The highest BCUT2D eigenvalue weighted by molar-refractivity contribution is 6.29. The van der Waals surface area contributed by atoms with Crippen LogP contribution in [0.5, 0.6) is 0 Å². The molecular formula is C10H8ClFN2O. The van der Waals surface area contributed by atoms with Crippen LogP contribution >= 0.6 is 11.6 Å². The largest absolute Gasteiger partial charge is 0.312 e. The zero-order valence-electron chi connectivity index (χ0n) is 8.00. The van der Waals surface area contributed by atoms with Crippen molar-refractivity contribution >= 4 is 23.2 Å². The van der Waals surface area contributed by atoms with Crippen LogP contribution in [0.1, 0.15) is 5.56 Å². The monoisotopic (exact) mass is 226 g/mol. The molecule has 5 heteroatoms. The fourth-order valence-corrected chi connectivity index (χ4v) is 1.25. The molecule has 15 heavy (non-hydrogen) atoms. The first-order valence-corrected chi connectivity index (χ1v) is 4.65. The highest BCUT2D eigenvalue weighted by Crippen LogP contribution is 2.19. The smallest absolute Gasteiger partial charge is 0.241 e. The summed E-state index contributed by atoms with van der Waals surface area (Å²) in [5.74, 6) is -1.23. The standard InChI is InChI=1S/C10H8ClFN2O/c1-14(10(15)5-11)9-3-2-7(6-13)4-8(9)12/h2-4H,5H2,1H3. The van der Waals surface area contributed by atoms with E-state index in [1.54, 1.807) is 0 Å². The number of anilines is 1. The van der Waals surface area contributed by atoms with Crippen molar-refractivity contribution in [3.8, 4) is 6.07 Å². The number of nitriles is 1. The van der Waals surface area contributed by atoms with Gasteiger partial charge in [0.2, 0.25) is 5.91 Å². The van der Waals surface area contributed by atoms with Gasteiger partial charge in [-0.25, -0.2) is 4.39 Å². The van der Waals surface area contributed by atoms with Crippen molar-refractivity contribution in [1.29, 1.82) is 5.26 Å². The second-order valence-corrected chi connectivity index (χ2v) is 3.13. The number of benzene rings is 1. The molecule has 0 heterocycles. The van der Waals surface area contributed by atoms with E-state index in [0.717, 1.165) is 11.0 Å². The lowest BCUT2D eigenvalue weighted by atomic mass is 10.2. The Labute approximate surface area is 91.7 Å². The Hall–Kier alpha value is -1.60. The molecule has 0 spiro atoms. The number of hydrogen-bond donors (Lipinski definition) is 0. The van der Waals surface area contributed by atoms with Crippen LogP contribution in [-0.2, 0) is 4.79 Å². The van der Waals surface area contributed by atoms with Crippen LogP contribution in [0.4, 0.5) is 10.1 Å². The molecule has 0 unspecified atom stereocenters. The van der Waals surface area contributed by atoms with E-state index in [4.69, 9.17) is 16.9 Å². The van der Waals surface area contributed by atoms with Gasteiger partial charge < -0.3 is 4.90 Å². The molecule has 1 aromatic carbocycles. The maximum absolute atomic E-state index is 13.4. The molecular weight excluding hydrogens is 219 g/mol. The van der Waals surface area contributed by atoms with Gasteiger partial charge in [-0.05, 0) is 18.2 Å². The topological polar surface area (TPSA) is 44.1 Å². The van der Waals surface area contributed by atoms with Crippen molar-refractivity contribution in [2.75, 3.05) is 17.8 Å². The molecule has 1 amide bonds. The van der Waals surface area contributed by atoms with Gasteiger partial charge in [-0.2, -0.15) is 5.26 Å². The molecule has 0 N–H and O–H groups in total. The van der Waals surface area contributed by atoms with E-state index in [2.05, 4.69) is 0 Å². The van der Waals surface area contributed by atoms with Gasteiger partial charge in [0, 0.05) is 7.05 Å². The van der Waals surface area contributed by atoms with Gasteiger partial charge in [0.05, 0.1) is 17.3 Å². The number of nitrogens with zero attached hydrogens (tertiary/aromatic N) is 2. The lowest BCUT2D eigenvalue weighted by molar-refractivity contribution is -0.116. The summed E-state index contributed by atoms with van der Waals surface area (Å²) in [4.78, 5) is 12.3. The summed E-state index contributed by atoms with van der Waals surface area (Å²) in [7, 11) is 1.43. The van der Waals surface area contributed by atoms with Crippen LogP contribution in [0.15, 0.2) is 18.2 Å². The minimum absolute atomic E-state index is 0.111. The molecule has 0 saturated carbocycles. The number of rotatable bonds is 2. The zero-order chi connectivity index (χ0) is 11.4. The minimum Gasteiger partial charge on any atom is -0.312 e. The Bertz CT molecular complexity index is 428. The van der Waals surface area contributed by atoms with Crippen molar-refractivity contribution in [2.24, 2.45) is 0 Å². The normalized spacial score (nSPS) is 9.47. The summed E-state index contributed by atoms with van der Waals surface area (Å²) in [5, 5.41) is 8.53. The van der Waals surface area contributed by atoms with E-state index in [-0.39, 0.29) is 17.1 Å². The molecule has 0 aliphatic rings. The van der Waals surface area contributed by atoms with Gasteiger partial charge in [0.1, 0.15) is 11.7 Å². The molecule has 0 fully saturated rings. The Morgan fingerprint density at radius 1 is 1.67 bits per heavy atom. The summed E-state index contributed by atoms with van der Waals surface area (Å²) in [5.41, 5.74) is 0.322. The van der Waals surface area contributed by atoms with E-state index in [0.29, 0.717) is 0 Å². The number of alkyl halides is 1. The summed E-state index contributed by atoms with van der Waals surface area (Å²) < 4.78 is 13.4. The highest BCUT2D eigenvalue weighted by Gasteiger charge is 2.13. The molecule has 0 radical (unpaired) electrons. The maximum Gasteiger partial charge on any atom is 0.241 e. The molecule has 0 bridgehead atoms. The quantitative estimate of drug-likeness (QED) is 0.723. The number of halogens is 2. The fraction of sp³-hybridized carbons (Fsp3) is 0.200. The molecule has 0 saturated heterocycles. The van der Waals surface area contributed by atoms with Gasteiger partial charge in [-0.1, -0.05) is 0 Å². The van der Waals surface area contributed by atoms with E-state index >= 15 is 0 Å².